The zero-order chi connectivity index (χ0) is 9.95. The second-order valence-corrected chi connectivity index (χ2v) is 5.26. The van der Waals surface area contributed by atoms with Crippen molar-refractivity contribution in [3.8, 4) is 6.07 Å². The van der Waals surface area contributed by atoms with Gasteiger partial charge in [-0.2, -0.15) is 5.26 Å². The summed E-state index contributed by atoms with van der Waals surface area (Å²) >= 11 is 0. The second-order valence-electron chi connectivity index (χ2n) is 3.45. The van der Waals surface area contributed by atoms with Crippen LogP contribution in [0.3, 0.4) is 0 Å². The molecule has 74 valence electrons. The normalized spacial score (nSPS) is 20.3. The van der Waals surface area contributed by atoms with E-state index in [2.05, 4.69) is 4.72 Å². The molecular formula is C7H13N3O2S. The van der Waals surface area contributed by atoms with E-state index in [1.54, 1.807) is 6.07 Å². The predicted octanol–water partition coefficient (Wildman–Crippen LogP) is -0.689. The van der Waals surface area contributed by atoms with Crippen LogP contribution in [-0.4, -0.2) is 26.3 Å². The average Bonchev–Trinajstić information content (AvgIpc) is 1.97. The van der Waals surface area contributed by atoms with Gasteiger partial charge >= 0.3 is 0 Å². The van der Waals surface area contributed by atoms with Gasteiger partial charge in [0.05, 0.1) is 6.07 Å². The van der Waals surface area contributed by atoms with Crippen LogP contribution in [0.4, 0.5) is 0 Å². The summed E-state index contributed by atoms with van der Waals surface area (Å²) in [5.74, 6) is -0.497. The maximum atomic E-state index is 11.0. The Kier molecular flexibility index (Phi) is 2.91. The summed E-state index contributed by atoms with van der Waals surface area (Å²) < 4.78 is 24.4. The Hall–Kier alpha value is -0.640. The van der Waals surface area contributed by atoms with E-state index >= 15 is 0 Å². The lowest BCUT2D eigenvalue weighted by Gasteiger charge is -2.37. The van der Waals surface area contributed by atoms with Crippen LogP contribution in [0.25, 0.3) is 0 Å². The highest BCUT2D eigenvalue weighted by molar-refractivity contribution is 7.89. The topological polar surface area (TPSA) is 96.0 Å². The van der Waals surface area contributed by atoms with Crippen molar-refractivity contribution >= 4 is 10.0 Å². The lowest BCUT2D eigenvalue weighted by molar-refractivity contribution is 0.251. The molecule has 5 nitrogen and oxygen atoms in total. The third-order valence-electron chi connectivity index (χ3n) is 2.25. The largest absolute Gasteiger partial charge is 0.324 e. The van der Waals surface area contributed by atoms with Gasteiger partial charge in [0.25, 0.3) is 0 Å². The molecule has 1 fully saturated rings. The first kappa shape index (κ1) is 10.4. The van der Waals surface area contributed by atoms with Crippen LogP contribution in [0, 0.1) is 11.3 Å². The van der Waals surface area contributed by atoms with E-state index in [1.165, 1.54) is 0 Å². The molecule has 1 aliphatic carbocycles. The molecule has 0 bridgehead atoms. The second kappa shape index (κ2) is 3.62. The summed E-state index contributed by atoms with van der Waals surface area (Å²) in [7, 11) is -3.43. The molecule has 0 unspecified atom stereocenters. The van der Waals surface area contributed by atoms with Crippen LogP contribution in [0.2, 0.25) is 0 Å². The highest BCUT2D eigenvalue weighted by atomic mass is 32.2. The fraction of sp³-hybridized carbons (Fsp3) is 0.857. The van der Waals surface area contributed by atoms with Gasteiger partial charge in [-0.1, -0.05) is 0 Å². The number of nitrogens with two attached hydrogens (primary N) is 1. The molecule has 1 rings (SSSR count). The van der Waals surface area contributed by atoms with Crippen LogP contribution >= 0.6 is 0 Å². The number of hydrogen-bond acceptors (Lipinski definition) is 4. The molecule has 13 heavy (non-hydrogen) atoms. The standard InChI is InChI=1S/C7H13N3O2S/c8-4-5-13(11,12)10-6-7(9)2-1-3-7/h10H,1-3,5-6,9H2. The first-order chi connectivity index (χ1) is 5.97. The van der Waals surface area contributed by atoms with E-state index in [4.69, 9.17) is 11.0 Å². The molecule has 3 N–H and O–H groups in total. The van der Waals surface area contributed by atoms with Crippen LogP contribution < -0.4 is 10.5 Å². The van der Waals surface area contributed by atoms with E-state index in [9.17, 15) is 8.42 Å². The fourth-order valence-corrected chi connectivity index (χ4v) is 1.98. The maximum absolute atomic E-state index is 11.0. The predicted molar refractivity (Wildman–Crippen MR) is 48.2 cm³/mol. The Labute approximate surface area is 78.0 Å². The van der Waals surface area contributed by atoms with Crippen molar-refractivity contribution in [1.82, 2.24) is 4.72 Å². The van der Waals surface area contributed by atoms with Crippen molar-refractivity contribution in [3.05, 3.63) is 0 Å². The number of hydrogen-bond donors (Lipinski definition) is 2. The maximum Gasteiger partial charge on any atom is 0.225 e. The van der Waals surface area contributed by atoms with Crippen molar-refractivity contribution in [1.29, 1.82) is 5.26 Å². The summed E-state index contributed by atoms with van der Waals surface area (Å²) in [5, 5.41) is 8.20. The SMILES string of the molecule is N#CCS(=O)(=O)NCC1(N)CCC1. The lowest BCUT2D eigenvalue weighted by Crippen LogP contribution is -2.55. The van der Waals surface area contributed by atoms with Gasteiger partial charge in [-0.25, -0.2) is 13.1 Å². The Morgan fingerprint density at radius 1 is 1.54 bits per heavy atom. The molecule has 0 aromatic heterocycles. The molecule has 1 aliphatic rings. The minimum atomic E-state index is -3.43. The Morgan fingerprint density at radius 3 is 2.54 bits per heavy atom. The molecule has 0 heterocycles. The Balaban J connectivity index is 2.38. The zero-order valence-corrected chi connectivity index (χ0v) is 8.10. The molecule has 0 aromatic carbocycles. The third kappa shape index (κ3) is 2.95. The number of nitrogens with one attached hydrogen (secondary N) is 1. The van der Waals surface area contributed by atoms with E-state index < -0.39 is 15.8 Å². The van der Waals surface area contributed by atoms with Crippen molar-refractivity contribution < 1.29 is 8.42 Å². The van der Waals surface area contributed by atoms with E-state index in [0.717, 1.165) is 19.3 Å². The molecule has 0 radical (unpaired) electrons. The zero-order valence-electron chi connectivity index (χ0n) is 7.28. The molecule has 0 aliphatic heterocycles. The number of nitrogens with zero attached hydrogens (tertiary/aromatic N) is 1. The minimum absolute atomic E-state index is 0.247. The van der Waals surface area contributed by atoms with Gasteiger partial charge in [0.1, 0.15) is 0 Å². The van der Waals surface area contributed by atoms with Crippen LogP contribution in [0.1, 0.15) is 19.3 Å². The monoisotopic (exact) mass is 203 g/mol. The molecule has 6 heteroatoms. The first-order valence-corrected chi connectivity index (χ1v) is 5.76. The van der Waals surface area contributed by atoms with Crippen molar-refractivity contribution in [2.45, 2.75) is 24.8 Å². The van der Waals surface area contributed by atoms with Crippen LogP contribution in [0.15, 0.2) is 0 Å². The molecule has 0 amide bonds. The molecule has 0 saturated heterocycles. The highest BCUT2D eigenvalue weighted by Crippen LogP contribution is 2.28. The third-order valence-corrected chi connectivity index (χ3v) is 3.34. The quantitative estimate of drug-likeness (QED) is 0.632. The van der Waals surface area contributed by atoms with Crippen molar-refractivity contribution in [3.63, 3.8) is 0 Å². The summed E-state index contributed by atoms with van der Waals surface area (Å²) in [6.07, 6.45) is 2.75. The number of sulfonamides is 1. The van der Waals surface area contributed by atoms with Gasteiger partial charge in [0.15, 0.2) is 5.75 Å². The number of rotatable bonds is 4. The van der Waals surface area contributed by atoms with Gasteiger partial charge in [-0.15, -0.1) is 0 Å². The van der Waals surface area contributed by atoms with Gasteiger partial charge in [0.2, 0.25) is 10.0 Å². The fourth-order valence-electron chi connectivity index (χ4n) is 1.20. The molecule has 0 atom stereocenters. The van der Waals surface area contributed by atoms with Gasteiger partial charge < -0.3 is 5.73 Å². The summed E-state index contributed by atoms with van der Waals surface area (Å²) in [6, 6.07) is 1.59. The first-order valence-electron chi connectivity index (χ1n) is 4.11. The average molecular weight is 203 g/mol. The molecule has 1 saturated carbocycles. The minimum Gasteiger partial charge on any atom is -0.324 e. The molecule has 0 spiro atoms. The summed E-state index contributed by atoms with van der Waals surface area (Å²) in [5.41, 5.74) is 5.42. The van der Waals surface area contributed by atoms with Crippen LogP contribution in [0.5, 0.6) is 0 Å². The molecule has 0 aromatic rings. The van der Waals surface area contributed by atoms with Crippen LogP contribution in [-0.2, 0) is 10.0 Å². The Bertz CT molecular complexity index is 313. The smallest absolute Gasteiger partial charge is 0.225 e. The van der Waals surface area contributed by atoms with Gasteiger partial charge in [-0.3, -0.25) is 0 Å². The van der Waals surface area contributed by atoms with Gasteiger partial charge in [0, 0.05) is 12.1 Å². The Morgan fingerprint density at radius 2 is 2.15 bits per heavy atom. The summed E-state index contributed by atoms with van der Waals surface area (Å²) in [6.45, 7) is 0.247. The van der Waals surface area contributed by atoms with Crippen molar-refractivity contribution in [2.75, 3.05) is 12.3 Å². The molecular weight excluding hydrogens is 190 g/mol. The lowest BCUT2D eigenvalue weighted by atomic mass is 9.78. The van der Waals surface area contributed by atoms with Crippen molar-refractivity contribution in [2.24, 2.45) is 5.73 Å². The number of nitriles is 1. The van der Waals surface area contributed by atoms with E-state index in [1.807, 2.05) is 0 Å². The van der Waals surface area contributed by atoms with Gasteiger partial charge in [-0.05, 0) is 19.3 Å². The van der Waals surface area contributed by atoms with E-state index in [0.29, 0.717) is 0 Å². The van der Waals surface area contributed by atoms with E-state index in [-0.39, 0.29) is 12.1 Å². The highest BCUT2D eigenvalue weighted by Gasteiger charge is 2.33. The summed E-state index contributed by atoms with van der Waals surface area (Å²) in [4.78, 5) is 0.